The molecule has 0 aliphatic heterocycles. The van der Waals surface area contributed by atoms with Crippen molar-refractivity contribution < 1.29 is 22.4 Å². The zero-order chi connectivity index (χ0) is 24.8. The maximum Gasteiger partial charge on any atom is 0.242 e. The molecule has 2 aromatic carbocycles. The van der Waals surface area contributed by atoms with E-state index in [2.05, 4.69) is 5.32 Å². The molecule has 0 spiro atoms. The smallest absolute Gasteiger partial charge is 0.242 e. The van der Waals surface area contributed by atoms with Gasteiger partial charge in [0.2, 0.25) is 21.8 Å². The molecule has 1 unspecified atom stereocenters. The van der Waals surface area contributed by atoms with E-state index in [1.54, 1.807) is 25.1 Å². The SMILES string of the molecule is CNC(=O)C(C)N(Cc1ccc(Cl)c(Cl)c1)C(=O)CCCN(c1ccccc1F)S(C)(=O)=O. The Kier molecular flexibility index (Phi) is 9.51. The molecule has 2 aromatic rings. The van der Waals surface area contributed by atoms with E-state index in [1.807, 2.05) is 0 Å². The van der Waals surface area contributed by atoms with Gasteiger partial charge in [-0.15, -0.1) is 0 Å². The Morgan fingerprint density at radius 2 is 1.79 bits per heavy atom. The lowest BCUT2D eigenvalue weighted by Gasteiger charge is -2.29. The van der Waals surface area contributed by atoms with Crippen LogP contribution in [0.15, 0.2) is 42.5 Å². The van der Waals surface area contributed by atoms with Crippen molar-refractivity contribution in [3.8, 4) is 0 Å². The Labute approximate surface area is 203 Å². The molecule has 0 radical (unpaired) electrons. The number of halogens is 3. The number of hydrogen-bond donors (Lipinski definition) is 1. The molecular formula is C22H26Cl2FN3O4S. The number of sulfonamides is 1. The Hall–Kier alpha value is -2.36. The van der Waals surface area contributed by atoms with E-state index in [1.165, 1.54) is 36.2 Å². The van der Waals surface area contributed by atoms with Gasteiger partial charge in [0, 0.05) is 26.6 Å². The van der Waals surface area contributed by atoms with Gasteiger partial charge in [0.1, 0.15) is 11.9 Å². The minimum atomic E-state index is -3.77. The van der Waals surface area contributed by atoms with Crippen LogP contribution in [0.2, 0.25) is 10.0 Å². The lowest BCUT2D eigenvalue weighted by Crippen LogP contribution is -2.46. The summed E-state index contributed by atoms with van der Waals surface area (Å²) in [6.07, 6.45) is 1.05. The van der Waals surface area contributed by atoms with Crippen LogP contribution in [0.3, 0.4) is 0 Å². The summed E-state index contributed by atoms with van der Waals surface area (Å²) in [4.78, 5) is 26.6. The predicted octanol–water partition coefficient (Wildman–Crippen LogP) is 3.84. The molecule has 0 saturated carbocycles. The molecule has 0 bridgehead atoms. The summed E-state index contributed by atoms with van der Waals surface area (Å²) in [5.41, 5.74) is 0.594. The van der Waals surface area contributed by atoms with Gasteiger partial charge in [-0.05, 0) is 43.2 Å². The van der Waals surface area contributed by atoms with Gasteiger partial charge >= 0.3 is 0 Å². The summed E-state index contributed by atoms with van der Waals surface area (Å²) >= 11 is 12.0. The average Bonchev–Trinajstić information content (AvgIpc) is 2.76. The Morgan fingerprint density at radius 1 is 1.12 bits per heavy atom. The molecule has 1 N–H and O–H groups in total. The summed E-state index contributed by atoms with van der Waals surface area (Å²) in [6, 6.07) is 9.67. The van der Waals surface area contributed by atoms with Crippen LogP contribution in [-0.4, -0.2) is 51.0 Å². The first-order valence-electron chi connectivity index (χ1n) is 10.1. The van der Waals surface area contributed by atoms with Crippen molar-refractivity contribution in [2.75, 3.05) is 24.2 Å². The number of rotatable bonds is 10. The monoisotopic (exact) mass is 517 g/mol. The third kappa shape index (κ3) is 7.31. The first-order chi connectivity index (χ1) is 15.5. The number of hydrogen-bond acceptors (Lipinski definition) is 4. The normalized spacial score (nSPS) is 12.2. The predicted molar refractivity (Wildman–Crippen MR) is 128 cm³/mol. The standard InChI is InChI=1S/C22H26Cl2FN3O4S/c1-15(22(30)26-2)27(14-16-10-11-17(23)18(24)13-16)21(29)9-6-12-28(33(3,31)32)20-8-5-4-7-19(20)25/h4-5,7-8,10-11,13,15H,6,9,12,14H2,1-3H3,(H,26,30). The fourth-order valence-electron chi connectivity index (χ4n) is 3.26. The van der Waals surface area contributed by atoms with Crippen molar-refractivity contribution in [1.82, 2.24) is 10.2 Å². The van der Waals surface area contributed by atoms with Crippen molar-refractivity contribution in [1.29, 1.82) is 0 Å². The maximum atomic E-state index is 14.2. The molecule has 33 heavy (non-hydrogen) atoms. The van der Waals surface area contributed by atoms with Crippen LogP contribution in [0.25, 0.3) is 0 Å². The fraction of sp³-hybridized carbons (Fsp3) is 0.364. The van der Waals surface area contributed by atoms with Gasteiger partial charge in [0.05, 0.1) is 22.0 Å². The highest BCUT2D eigenvalue weighted by atomic mass is 35.5. The summed E-state index contributed by atoms with van der Waals surface area (Å²) in [5, 5.41) is 3.21. The Balaban J connectivity index is 2.18. The summed E-state index contributed by atoms with van der Waals surface area (Å²) in [5.74, 6) is -1.39. The van der Waals surface area contributed by atoms with Crippen LogP contribution >= 0.6 is 23.2 Å². The van der Waals surface area contributed by atoms with Crippen LogP contribution in [-0.2, 0) is 26.2 Å². The molecule has 2 amide bonds. The van der Waals surface area contributed by atoms with Crippen molar-refractivity contribution in [3.05, 3.63) is 63.9 Å². The second-order valence-corrected chi connectivity index (χ2v) is 10.2. The maximum absolute atomic E-state index is 14.2. The average molecular weight is 518 g/mol. The largest absolute Gasteiger partial charge is 0.357 e. The molecule has 0 aliphatic carbocycles. The quantitative estimate of drug-likeness (QED) is 0.518. The number of carbonyl (C=O) groups excluding carboxylic acids is 2. The van der Waals surface area contributed by atoms with Gasteiger partial charge < -0.3 is 10.2 Å². The molecule has 0 aromatic heterocycles. The number of amides is 2. The summed E-state index contributed by atoms with van der Waals surface area (Å²) in [6.45, 7) is 1.60. The van der Waals surface area contributed by atoms with Gasteiger partial charge in [0.25, 0.3) is 0 Å². The molecule has 11 heteroatoms. The lowest BCUT2D eigenvalue weighted by atomic mass is 10.1. The van der Waals surface area contributed by atoms with E-state index in [9.17, 15) is 22.4 Å². The first-order valence-corrected chi connectivity index (χ1v) is 12.7. The van der Waals surface area contributed by atoms with Crippen LogP contribution in [0.5, 0.6) is 0 Å². The van der Waals surface area contributed by atoms with Gasteiger partial charge in [0.15, 0.2) is 0 Å². The minimum Gasteiger partial charge on any atom is -0.357 e. The van der Waals surface area contributed by atoms with Crippen LogP contribution in [0.1, 0.15) is 25.3 Å². The summed E-state index contributed by atoms with van der Waals surface area (Å²) in [7, 11) is -2.30. The Bertz CT molecular complexity index is 1110. The Morgan fingerprint density at radius 3 is 2.36 bits per heavy atom. The molecule has 0 fully saturated rings. The third-order valence-electron chi connectivity index (χ3n) is 5.02. The zero-order valence-electron chi connectivity index (χ0n) is 18.5. The van der Waals surface area contributed by atoms with E-state index >= 15 is 0 Å². The molecule has 1 atom stereocenters. The lowest BCUT2D eigenvalue weighted by molar-refractivity contribution is -0.140. The fourth-order valence-corrected chi connectivity index (χ4v) is 4.55. The molecule has 0 saturated heterocycles. The van der Waals surface area contributed by atoms with Crippen molar-refractivity contribution in [2.24, 2.45) is 0 Å². The topological polar surface area (TPSA) is 86.8 Å². The van der Waals surface area contributed by atoms with Gasteiger partial charge in [-0.25, -0.2) is 12.8 Å². The van der Waals surface area contributed by atoms with Crippen molar-refractivity contribution >= 4 is 50.7 Å². The second kappa shape index (κ2) is 11.7. The van der Waals surface area contributed by atoms with Crippen LogP contribution in [0.4, 0.5) is 10.1 Å². The highest BCUT2D eigenvalue weighted by Crippen LogP contribution is 2.25. The van der Waals surface area contributed by atoms with Crippen LogP contribution in [0, 0.1) is 5.82 Å². The number of carbonyl (C=O) groups is 2. The molecular weight excluding hydrogens is 492 g/mol. The second-order valence-electron chi connectivity index (χ2n) is 7.45. The number of para-hydroxylation sites is 1. The number of benzene rings is 2. The van der Waals surface area contributed by atoms with E-state index in [-0.39, 0.29) is 43.4 Å². The van der Waals surface area contributed by atoms with Gasteiger partial charge in [-0.1, -0.05) is 41.4 Å². The highest BCUT2D eigenvalue weighted by molar-refractivity contribution is 7.92. The molecule has 2 rings (SSSR count). The zero-order valence-corrected chi connectivity index (χ0v) is 20.8. The van der Waals surface area contributed by atoms with E-state index < -0.39 is 21.9 Å². The molecule has 0 aliphatic rings. The number of nitrogens with one attached hydrogen (secondary N) is 1. The third-order valence-corrected chi connectivity index (χ3v) is 6.94. The number of nitrogens with zero attached hydrogens (tertiary/aromatic N) is 2. The summed E-state index contributed by atoms with van der Waals surface area (Å²) < 4.78 is 39.5. The van der Waals surface area contributed by atoms with Gasteiger partial charge in [-0.3, -0.25) is 13.9 Å². The molecule has 7 nitrogen and oxygen atoms in total. The van der Waals surface area contributed by atoms with E-state index in [0.717, 1.165) is 10.6 Å². The van der Waals surface area contributed by atoms with Gasteiger partial charge in [-0.2, -0.15) is 0 Å². The number of likely N-dealkylation sites (N-methyl/N-ethyl adjacent to an activating group) is 1. The van der Waals surface area contributed by atoms with E-state index in [0.29, 0.717) is 15.6 Å². The van der Waals surface area contributed by atoms with Crippen molar-refractivity contribution in [3.63, 3.8) is 0 Å². The highest BCUT2D eigenvalue weighted by Gasteiger charge is 2.26. The minimum absolute atomic E-state index is 0.0525. The van der Waals surface area contributed by atoms with Crippen LogP contribution < -0.4 is 9.62 Å². The molecule has 180 valence electrons. The first kappa shape index (κ1) is 26.9. The van der Waals surface area contributed by atoms with Crippen molar-refractivity contribution in [2.45, 2.75) is 32.4 Å². The molecule has 0 heterocycles. The van der Waals surface area contributed by atoms with E-state index in [4.69, 9.17) is 23.2 Å². The number of anilines is 1.